The van der Waals surface area contributed by atoms with Crippen molar-refractivity contribution in [3.05, 3.63) is 95.6 Å². The molecule has 0 aliphatic carbocycles. The second kappa shape index (κ2) is 6.52. The molecule has 140 valence electrons. The van der Waals surface area contributed by atoms with Gasteiger partial charge in [-0.05, 0) is 36.6 Å². The Labute approximate surface area is 170 Å². The highest BCUT2D eigenvalue weighted by molar-refractivity contribution is 8.00. The number of amides is 1. The average Bonchev–Trinajstić information content (AvgIpc) is 2.81. The summed E-state index contributed by atoms with van der Waals surface area (Å²) in [6.07, 6.45) is 0.931. The number of rotatable bonds is 2. The average molecular weight is 386 g/mol. The lowest BCUT2D eigenvalue weighted by Gasteiger charge is -2.58. The van der Waals surface area contributed by atoms with E-state index in [-0.39, 0.29) is 17.4 Å². The fourth-order valence-electron chi connectivity index (χ4n) is 4.89. The number of hydrogen-bond acceptors (Lipinski definition) is 2. The lowest BCUT2D eigenvalue weighted by atomic mass is 9.63. The van der Waals surface area contributed by atoms with E-state index in [4.69, 9.17) is 0 Å². The van der Waals surface area contributed by atoms with Crippen LogP contribution in [0.4, 0.5) is 5.69 Å². The van der Waals surface area contributed by atoms with E-state index in [1.807, 2.05) is 36.0 Å². The van der Waals surface area contributed by atoms with Crippen LogP contribution in [0.2, 0.25) is 0 Å². The van der Waals surface area contributed by atoms with Gasteiger partial charge in [0.1, 0.15) is 0 Å². The lowest BCUT2D eigenvalue weighted by Crippen LogP contribution is -2.68. The monoisotopic (exact) mass is 385 g/mol. The molecule has 3 aromatic carbocycles. The molecule has 3 aromatic rings. The largest absolute Gasteiger partial charge is 0.299 e. The van der Waals surface area contributed by atoms with Crippen LogP contribution < -0.4 is 4.90 Å². The van der Waals surface area contributed by atoms with Crippen LogP contribution in [0, 0.1) is 6.92 Å². The van der Waals surface area contributed by atoms with E-state index in [9.17, 15) is 4.79 Å². The van der Waals surface area contributed by atoms with Gasteiger partial charge in [-0.15, -0.1) is 11.8 Å². The van der Waals surface area contributed by atoms with Gasteiger partial charge >= 0.3 is 0 Å². The summed E-state index contributed by atoms with van der Waals surface area (Å²) in [7, 11) is 0. The van der Waals surface area contributed by atoms with Crippen molar-refractivity contribution in [2.75, 3.05) is 4.90 Å². The van der Waals surface area contributed by atoms with E-state index in [1.165, 1.54) is 16.0 Å². The molecule has 0 unspecified atom stereocenters. The number of benzene rings is 3. The number of hydrogen-bond donors (Lipinski definition) is 0. The second-order valence-corrected chi connectivity index (χ2v) is 9.39. The fourth-order valence-corrected chi connectivity index (χ4v) is 6.10. The van der Waals surface area contributed by atoms with Crippen molar-refractivity contribution in [1.29, 1.82) is 0 Å². The van der Waals surface area contributed by atoms with Gasteiger partial charge in [0.05, 0.1) is 17.1 Å². The predicted molar refractivity (Wildman–Crippen MR) is 116 cm³/mol. The van der Waals surface area contributed by atoms with Crippen LogP contribution in [0.3, 0.4) is 0 Å². The summed E-state index contributed by atoms with van der Waals surface area (Å²) in [4.78, 5) is 16.9. The second-order valence-electron chi connectivity index (χ2n) is 7.91. The maximum atomic E-state index is 13.6. The zero-order chi connectivity index (χ0) is 19.3. The van der Waals surface area contributed by atoms with E-state index >= 15 is 0 Å². The Bertz CT molecular complexity index is 1030. The fraction of sp³-hybridized carbons (Fsp3) is 0.240. The molecule has 3 atom stereocenters. The first kappa shape index (κ1) is 17.6. The third kappa shape index (κ3) is 2.46. The minimum absolute atomic E-state index is 0.148. The Morgan fingerprint density at radius 3 is 2.36 bits per heavy atom. The smallest absolute Gasteiger partial charge is 0.238 e. The van der Waals surface area contributed by atoms with E-state index in [2.05, 4.69) is 73.3 Å². The van der Waals surface area contributed by atoms with Crippen molar-refractivity contribution >= 4 is 23.4 Å². The zero-order valence-corrected chi connectivity index (χ0v) is 16.9. The lowest BCUT2D eigenvalue weighted by molar-refractivity contribution is -0.131. The first-order valence-corrected chi connectivity index (χ1v) is 10.7. The highest BCUT2D eigenvalue weighted by Crippen LogP contribution is 2.60. The van der Waals surface area contributed by atoms with Crippen molar-refractivity contribution in [2.45, 2.75) is 41.9 Å². The molecule has 0 bridgehead atoms. The van der Waals surface area contributed by atoms with E-state index in [1.54, 1.807) is 0 Å². The Morgan fingerprint density at radius 2 is 1.61 bits per heavy atom. The normalized spacial score (nSPS) is 26.1. The predicted octanol–water partition coefficient (Wildman–Crippen LogP) is 5.91. The van der Waals surface area contributed by atoms with Gasteiger partial charge in [-0.3, -0.25) is 9.69 Å². The number of carbonyl (C=O) groups is 1. The van der Waals surface area contributed by atoms with Crippen LogP contribution in [-0.2, 0) is 10.3 Å². The van der Waals surface area contributed by atoms with Gasteiger partial charge in [0.15, 0.2) is 0 Å². The Hall–Kier alpha value is -2.52. The topological polar surface area (TPSA) is 20.3 Å². The summed E-state index contributed by atoms with van der Waals surface area (Å²) in [6.45, 7) is 4.40. The molecule has 1 saturated heterocycles. The van der Waals surface area contributed by atoms with Crippen molar-refractivity contribution < 1.29 is 4.79 Å². The summed E-state index contributed by atoms with van der Waals surface area (Å²) in [5.41, 5.74) is 4.29. The molecule has 5 rings (SSSR count). The molecule has 0 spiro atoms. The zero-order valence-electron chi connectivity index (χ0n) is 16.1. The number of fused-ring (bicyclic) bond motifs is 3. The van der Waals surface area contributed by atoms with Gasteiger partial charge in [0.25, 0.3) is 0 Å². The molecule has 2 nitrogen and oxygen atoms in total. The van der Waals surface area contributed by atoms with Gasteiger partial charge in [0, 0.05) is 10.1 Å². The molecule has 0 radical (unpaired) electrons. The molecule has 28 heavy (non-hydrogen) atoms. The number of β-lactam (4-membered cyclic amide) rings is 1. The van der Waals surface area contributed by atoms with E-state index in [0.717, 1.165) is 17.7 Å². The standard InChI is InChI=1S/C25H23NOS/c1-17-12-14-20(15-13-17)25-16-18(2)28-22-11-7-6-10-21(22)26(25)24(27)23(25)19-8-4-3-5-9-19/h3-15,18,23H,16H2,1-2H3/t18-,23-,25+/m0/s1. The molecule has 1 amide bonds. The van der Waals surface area contributed by atoms with Crippen LogP contribution in [-0.4, -0.2) is 11.2 Å². The number of para-hydroxylation sites is 1. The minimum atomic E-state index is -0.342. The third-order valence-electron chi connectivity index (χ3n) is 6.06. The Kier molecular flexibility index (Phi) is 4.09. The third-order valence-corrected chi connectivity index (χ3v) is 7.23. The number of thioether (sulfide) groups is 1. The summed E-state index contributed by atoms with van der Waals surface area (Å²) in [5.74, 6) is 0.0551. The molecule has 2 aliphatic rings. The van der Waals surface area contributed by atoms with Crippen LogP contribution >= 0.6 is 11.8 Å². The van der Waals surface area contributed by atoms with Gasteiger partial charge in [-0.1, -0.05) is 79.2 Å². The number of carbonyl (C=O) groups excluding carboxylic acids is 1. The molecule has 1 fully saturated rings. The maximum absolute atomic E-state index is 13.6. The van der Waals surface area contributed by atoms with E-state index in [0.29, 0.717) is 5.25 Å². The number of anilines is 1. The van der Waals surface area contributed by atoms with Gasteiger partial charge in [-0.2, -0.15) is 0 Å². The first-order chi connectivity index (χ1) is 13.6. The van der Waals surface area contributed by atoms with Crippen molar-refractivity contribution in [1.82, 2.24) is 0 Å². The van der Waals surface area contributed by atoms with Crippen LogP contribution in [0.1, 0.15) is 36.0 Å². The quantitative estimate of drug-likeness (QED) is 0.512. The molecule has 0 N–H and O–H groups in total. The van der Waals surface area contributed by atoms with Gasteiger partial charge in [0.2, 0.25) is 5.91 Å². The van der Waals surface area contributed by atoms with Gasteiger partial charge in [-0.25, -0.2) is 0 Å². The Balaban J connectivity index is 1.76. The number of aryl methyl sites for hydroxylation is 1. The van der Waals surface area contributed by atoms with Crippen molar-refractivity contribution in [2.24, 2.45) is 0 Å². The molecule has 0 aromatic heterocycles. The SMILES string of the molecule is Cc1ccc([C@@]23C[C@H](C)Sc4ccccc4N2C(=O)[C@@H]3c2ccccc2)cc1. The molecule has 2 aliphatic heterocycles. The molecule has 3 heteroatoms. The summed E-state index contributed by atoms with van der Waals surface area (Å²) < 4.78 is 0. The van der Waals surface area contributed by atoms with Crippen LogP contribution in [0.25, 0.3) is 0 Å². The van der Waals surface area contributed by atoms with Crippen molar-refractivity contribution in [3.8, 4) is 0 Å². The maximum Gasteiger partial charge on any atom is 0.238 e. The molecular formula is C25H23NOS. The van der Waals surface area contributed by atoms with Crippen LogP contribution in [0.15, 0.2) is 83.8 Å². The van der Waals surface area contributed by atoms with Gasteiger partial charge < -0.3 is 0 Å². The Morgan fingerprint density at radius 1 is 0.929 bits per heavy atom. The molecule has 2 heterocycles. The molecule has 0 saturated carbocycles. The number of nitrogens with zero attached hydrogens (tertiary/aromatic N) is 1. The van der Waals surface area contributed by atoms with Crippen molar-refractivity contribution in [3.63, 3.8) is 0 Å². The summed E-state index contributed by atoms with van der Waals surface area (Å²) in [6, 6.07) is 27.4. The minimum Gasteiger partial charge on any atom is -0.299 e. The van der Waals surface area contributed by atoms with E-state index < -0.39 is 0 Å². The summed E-state index contributed by atoms with van der Waals surface area (Å²) in [5, 5.41) is 0.409. The summed E-state index contributed by atoms with van der Waals surface area (Å²) >= 11 is 1.88. The molecular weight excluding hydrogens is 362 g/mol. The highest BCUT2D eigenvalue weighted by Gasteiger charge is 2.63. The van der Waals surface area contributed by atoms with Crippen LogP contribution in [0.5, 0.6) is 0 Å². The first-order valence-electron chi connectivity index (χ1n) is 9.83. The highest BCUT2D eigenvalue weighted by atomic mass is 32.2.